The zero-order valence-electron chi connectivity index (χ0n) is 15.2. The van der Waals surface area contributed by atoms with Crippen LogP contribution in [0.1, 0.15) is 29.8 Å². The highest BCUT2D eigenvalue weighted by Crippen LogP contribution is 2.20. The third-order valence-corrected chi connectivity index (χ3v) is 4.07. The summed E-state index contributed by atoms with van der Waals surface area (Å²) >= 11 is 5.92. The highest BCUT2D eigenvalue weighted by molar-refractivity contribution is 6.32. The second-order valence-electron chi connectivity index (χ2n) is 5.94. The number of benzene rings is 2. The van der Waals surface area contributed by atoms with Gasteiger partial charge >= 0.3 is 5.97 Å². The SMILES string of the molecule is C[C@H](NC(=O)c1ccccc1)C(=O)O[C@H](C)C(=O)Nc1ccc(C#N)c(Cl)c1. The van der Waals surface area contributed by atoms with Crippen molar-refractivity contribution in [2.75, 3.05) is 5.32 Å². The topological polar surface area (TPSA) is 108 Å². The largest absolute Gasteiger partial charge is 0.451 e. The molecule has 0 bridgehead atoms. The van der Waals surface area contributed by atoms with Gasteiger partial charge in [0.05, 0.1) is 10.6 Å². The van der Waals surface area contributed by atoms with Gasteiger partial charge in [-0.25, -0.2) is 4.79 Å². The fourth-order valence-electron chi connectivity index (χ4n) is 2.19. The van der Waals surface area contributed by atoms with Crippen LogP contribution in [0.2, 0.25) is 5.02 Å². The van der Waals surface area contributed by atoms with Gasteiger partial charge in [0.15, 0.2) is 6.10 Å². The lowest BCUT2D eigenvalue weighted by Crippen LogP contribution is -2.42. The van der Waals surface area contributed by atoms with E-state index in [1.54, 1.807) is 30.3 Å². The van der Waals surface area contributed by atoms with Crippen LogP contribution in [-0.4, -0.2) is 29.9 Å². The molecule has 2 aromatic rings. The molecule has 28 heavy (non-hydrogen) atoms. The van der Waals surface area contributed by atoms with Gasteiger partial charge in [0.1, 0.15) is 12.1 Å². The van der Waals surface area contributed by atoms with Crippen LogP contribution in [0.15, 0.2) is 48.5 Å². The minimum atomic E-state index is -1.10. The van der Waals surface area contributed by atoms with Crippen molar-refractivity contribution in [2.45, 2.75) is 26.0 Å². The minimum Gasteiger partial charge on any atom is -0.451 e. The van der Waals surface area contributed by atoms with Crippen LogP contribution in [0.3, 0.4) is 0 Å². The van der Waals surface area contributed by atoms with E-state index >= 15 is 0 Å². The van der Waals surface area contributed by atoms with Gasteiger partial charge < -0.3 is 15.4 Å². The van der Waals surface area contributed by atoms with Crippen LogP contribution >= 0.6 is 11.6 Å². The van der Waals surface area contributed by atoms with E-state index in [2.05, 4.69) is 10.6 Å². The van der Waals surface area contributed by atoms with E-state index in [1.807, 2.05) is 6.07 Å². The lowest BCUT2D eigenvalue weighted by molar-refractivity contribution is -0.154. The quantitative estimate of drug-likeness (QED) is 0.726. The Balaban J connectivity index is 1.90. The number of carbonyl (C=O) groups excluding carboxylic acids is 3. The lowest BCUT2D eigenvalue weighted by atomic mass is 10.2. The fourth-order valence-corrected chi connectivity index (χ4v) is 2.41. The van der Waals surface area contributed by atoms with E-state index in [0.717, 1.165) is 0 Å². The lowest BCUT2D eigenvalue weighted by Gasteiger charge is -2.17. The number of amides is 2. The third-order valence-electron chi connectivity index (χ3n) is 3.76. The summed E-state index contributed by atoms with van der Waals surface area (Å²) in [6.45, 7) is 2.87. The molecule has 0 radical (unpaired) electrons. The number of hydrogen-bond donors (Lipinski definition) is 2. The van der Waals surface area contributed by atoms with Crippen LogP contribution in [0.4, 0.5) is 5.69 Å². The van der Waals surface area contributed by atoms with Gasteiger partial charge in [0.2, 0.25) is 0 Å². The van der Waals surface area contributed by atoms with Crippen molar-refractivity contribution in [3.05, 3.63) is 64.7 Å². The molecule has 0 spiro atoms. The second-order valence-corrected chi connectivity index (χ2v) is 6.34. The van der Waals surface area contributed by atoms with Crippen molar-refractivity contribution < 1.29 is 19.1 Å². The van der Waals surface area contributed by atoms with Crippen molar-refractivity contribution in [2.24, 2.45) is 0 Å². The number of esters is 1. The zero-order chi connectivity index (χ0) is 20.7. The van der Waals surface area contributed by atoms with Gasteiger partial charge in [-0.1, -0.05) is 29.8 Å². The second kappa shape index (κ2) is 9.53. The predicted molar refractivity (Wildman–Crippen MR) is 104 cm³/mol. The van der Waals surface area contributed by atoms with Crippen LogP contribution in [-0.2, 0) is 14.3 Å². The Morgan fingerprint density at radius 2 is 1.79 bits per heavy atom. The number of carbonyl (C=O) groups is 3. The number of rotatable bonds is 6. The van der Waals surface area contributed by atoms with Crippen LogP contribution in [0.5, 0.6) is 0 Å². The molecule has 2 N–H and O–H groups in total. The molecule has 0 aliphatic rings. The standard InChI is InChI=1S/C20H18ClN3O4/c1-12(23-19(26)14-6-4-3-5-7-14)20(27)28-13(2)18(25)24-16-9-8-15(11-22)17(21)10-16/h3-10,12-13H,1-2H3,(H,23,26)(H,24,25)/t12-,13+/m0/s1. The summed E-state index contributed by atoms with van der Waals surface area (Å²) in [6, 6.07) is 13.8. The summed E-state index contributed by atoms with van der Waals surface area (Å²) in [5, 5.41) is 14.1. The minimum absolute atomic E-state index is 0.196. The number of hydrogen-bond acceptors (Lipinski definition) is 5. The Bertz CT molecular complexity index is 925. The smallest absolute Gasteiger partial charge is 0.329 e. The molecule has 2 aromatic carbocycles. The molecule has 0 saturated heterocycles. The van der Waals surface area contributed by atoms with Gasteiger partial charge in [-0.3, -0.25) is 9.59 Å². The first-order valence-corrected chi connectivity index (χ1v) is 8.76. The first-order valence-electron chi connectivity index (χ1n) is 8.38. The number of nitriles is 1. The molecule has 0 heterocycles. The summed E-state index contributed by atoms with van der Waals surface area (Å²) in [4.78, 5) is 36.4. The molecule has 0 aliphatic carbocycles. The zero-order valence-corrected chi connectivity index (χ0v) is 16.0. The van der Waals surface area contributed by atoms with Crippen LogP contribution < -0.4 is 10.6 Å². The van der Waals surface area contributed by atoms with Gasteiger partial charge in [0.25, 0.3) is 11.8 Å². The van der Waals surface area contributed by atoms with Crippen molar-refractivity contribution in [3.63, 3.8) is 0 Å². The maximum atomic E-state index is 12.2. The molecule has 2 amide bonds. The number of nitrogens with one attached hydrogen (secondary N) is 2. The van der Waals surface area contributed by atoms with Crippen LogP contribution in [0.25, 0.3) is 0 Å². The number of anilines is 1. The predicted octanol–water partition coefficient (Wildman–Crippen LogP) is 2.90. The monoisotopic (exact) mass is 399 g/mol. The molecule has 2 atom stereocenters. The molecule has 0 aromatic heterocycles. The fraction of sp³-hybridized carbons (Fsp3) is 0.200. The Morgan fingerprint density at radius 1 is 1.11 bits per heavy atom. The Morgan fingerprint density at radius 3 is 2.39 bits per heavy atom. The summed E-state index contributed by atoms with van der Waals surface area (Å²) in [6.07, 6.45) is -1.10. The highest BCUT2D eigenvalue weighted by Gasteiger charge is 2.23. The summed E-state index contributed by atoms with van der Waals surface area (Å²) in [7, 11) is 0. The first-order chi connectivity index (χ1) is 13.3. The van der Waals surface area contributed by atoms with Crippen molar-refractivity contribution in [1.82, 2.24) is 5.32 Å². The van der Waals surface area contributed by atoms with Crippen molar-refractivity contribution in [1.29, 1.82) is 5.26 Å². The summed E-state index contributed by atoms with van der Waals surface area (Å²) in [5.74, 6) is -1.74. The maximum Gasteiger partial charge on any atom is 0.329 e. The molecular weight excluding hydrogens is 382 g/mol. The Labute approximate surface area is 167 Å². The first kappa shape index (κ1) is 20.9. The molecule has 0 fully saturated rings. The normalized spacial score (nSPS) is 12.2. The molecule has 0 unspecified atom stereocenters. The molecule has 144 valence electrons. The van der Waals surface area contributed by atoms with E-state index in [0.29, 0.717) is 11.3 Å². The van der Waals surface area contributed by atoms with Crippen LogP contribution in [0, 0.1) is 11.3 Å². The molecule has 8 heteroatoms. The molecule has 0 aliphatic heterocycles. The molecule has 7 nitrogen and oxygen atoms in total. The summed E-state index contributed by atoms with van der Waals surface area (Å²) in [5.41, 5.74) is 1.05. The molecule has 2 rings (SSSR count). The average molecular weight is 400 g/mol. The van der Waals surface area contributed by atoms with Crippen molar-refractivity contribution >= 4 is 35.1 Å². The van der Waals surface area contributed by atoms with E-state index < -0.39 is 29.9 Å². The van der Waals surface area contributed by atoms with E-state index in [-0.39, 0.29) is 10.6 Å². The summed E-state index contributed by atoms with van der Waals surface area (Å²) < 4.78 is 5.11. The number of ether oxygens (including phenoxy) is 1. The Hall–Kier alpha value is -3.37. The highest BCUT2D eigenvalue weighted by atomic mass is 35.5. The van der Waals surface area contributed by atoms with Crippen molar-refractivity contribution in [3.8, 4) is 6.07 Å². The van der Waals surface area contributed by atoms with Gasteiger partial charge in [-0.15, -0.1) is 0 Å². The van der Waals surface area contributed by atoms with E-state index in [1.165, 1.54) is 32.0 Å². The third kappa shape index (κ3) is 5.56. The Kier molecular flexibility index (Phi) is 7.13. The molecular formula is C20H18ClN3O4. The van der Waals surface area contributed by atoms with Gasteiger partial charge in [-0.2, -0.15) is 5.26 Å². The maximum absolute atomic E-state index is 12.2. The molecule has 0 saturated carbocycles. The van der Waals surface area contributed by atoms with E-state index in [4.69, 9.17) is 21.6 Å². The number of nitrogens with zero attached hydrogens (tertiary/aromatic N) is 1. The average Bonchev–Trinajstić information content (AvgIpc) is 2.68. The van der Waals surface area contributed by atoms with Gasteiger partial charge in [0, 0.05) is 11.3 Å². The van der Waals surface area contributed by atoms with Gasteiger partial charge in [-0.05, 0) is 44.2 Å². The van der Waals surface area contributed by atoms with E-state index in [9.17, 15) is 14.4 Å². The number of halogens is 1.